The Morgan fingerprint density at radius 2 is 1.73 bits per heavy atom. The third-order valence-corrected chi connectivity index (χ3v) is 7.90. The number of hydrogen-bond acceptors (Lipinski definition) is 4. The first kappa shape index (κ1) is 24.2. The van der Waals surface area contributed by atoms with E-state index in [0.717, 1.165) is 36.9 Å². The van der Waals surface area contributed by atoms with Crippen LogP contribution in [0, 0.1) is 0 Å². The van der Waals surface area contributed by atoms with Crippen LogP contribution in [-0.2, 0) is 21.2 Å². The van der Waals surface area contributed by atoms with Crippen LogP contribution in [0.15, 0.2) is 47.3 Å². The van der Waals surface area contributed by atoms with E-state index in [1.54, 1.807) is 4.57 Å². The average molecular weight is 473 g/mol. The minimum atomic E-state index is -3.40. The second-order valence-corrected chi connectivity index (χ2v) is 11.7. The molecule has 2 aromatic rings. The molecule has 4 rings (SSSR count). The molecule has 0 saturated heterocycles. The number of benzene rings is 1. The van der Waals surface area contributed by atoms with Gasteiger partial charge in [0.15, 0.2) is 0 Å². The van der Waals surface area contributed by atoms with Crippen molar-refractivity contribution in [2.45, 2.75) is 82.4 Å². The normalized spacial score (nSPS) is 25.7. The van der Waals surface area contributed by atoms with Gasteiger partial charge in [-0.25, -0.2) is 13.1 Å². The molecule has 2 unspecified atom stereocenters. The number of sulfonamides is 1. The lowest BCUT2D eigenvalue weighted by Crippen LogP contribution is -2.50. The van der Waals surface area contributed by atoms with Crippen LogP contribution in [-0.4, -0.2) is 38.0 Å². The van der Waals surface area contributed by atoms with Crippen LogP contribution >= 0.6 is 0 Å². The molecular weight excluding hydrogens is 436 g/mol. The number of nitrogens with zero attached hydrogens (tertiary/aromatic N) is 1. The number of nitrogens with one attached hydrogen (secondary N) is 1. The zero-order chi connectivity index (χ0) is 23.6. The van der Waals surface area contributed by atoms with Crippen LogP contribution in [0.1, 0.15) is 80.7 Å². The van der Waals surface area contributed by atoms with Gasteiger partial charge in [-0.05, 0) is 62.0 Å². The van der Waals surface area contributed by atoms with Crippen LogP contribution in [0.3, 0.4) is 0 Å². The third kappa shape index (κ3) is 5.76. The maximum atomic E-state index is 13.4. The molecule has 2 heterocycles. The van der Waals surface area contributed by atoms with Gasteiger partial charge >= 0.3 is 0 Å². The van der Waals surface area contributed by atoms with Gasteiger partial charge in [0.2, 0.25) is 10.0 Å². The van der Waals surface area contributed by atoms with E-state index < -0.39 is 10.0 Å². The predicted molar refractivity (Wildman–Crippen MR) is 131 cm³/mol. The van der Waals surface area contributed by atoms with E-state index in [2.05, 4.69) is 29.0 Å². The SMILES string of the molecule is CC(C)c1ccc2n(c1=O)C(COC1CCC(c3ccccc3)CC1)C(NS(C)(=O)=O)CC2. The van der Waals surface area contributed by atoms with Crippen molar-refractivity contribution in [3.63, 3.8) is 0 Å². The van der Waals surface area contributed by atoms with Gasteiger partial charge in [0.1, 0.15) is 0 Å². The fraction of sp³-hybridized carbons (Fsp3) is 0.577. The Labute approximate surface area is 197 Å². The lowest BCUT2D eigenvalue weighted by Gasteiger charge is -2.37. The summed E-state index contributed by atoms with van der Waals surface area (Å²) in [5.74, 6) is 0.672. The number of aryl methyl sites for hydroxylation is 1. The number of pyridine rings is 1. The number of aromatic nitrogens is 1. The maximum Gasteiger partial charge on any atom is 0.254 e. The van der Waals surface area contributed by atoms with Gasteiger partial charge in [-0.15, -0.1) is 0 Å². The molecule has 1 N–H and O–H groups in total. The van der Waals surface area contributed by atoms with Crippen molar-refractivity contribution in [2.75, 3.05) is 12.9 Å². The fourth-order valence-corrected chi connectivity index (χ4v) is 6.24. The molecule has 180 valence electrons. The Bertz CT molecular complexity index is 1100. The third-order valence-electron chi connectivity index (χ3n) is 7.17. The van der Waals surface area contributed by atoms with Crippen LogP contribution in [0.5, 0.6) is 0 Å². The van der Waals surface area contributed by atoms with Crippen molar-refractivity contribution in [1.82, 2.24) is 9.29 Å². The molecule has 0 bridgehead atoms. The predicted octanol–water partition coefficient (Wildman–Crippen LogP) is 4.12. The van der Waals surface area contributed by atoms with Crippen molar-refractivity contribution in [3.05, 3.63) is 69.6 Å². The van der Waals surface area contributed by atoms with Gasteiger partial charge < -0.3 is 9.30 Å². The molecule has 2 atom stereocenters. The van der Waals surface area contributed by atoms with Gasteiger partial charge in [0, 0.05) is 17.3 Å². The summed E-state index contributed by atoms with van der Waals surface area (Å²) in [6.07, 6.45) is 6.75. The Morgan fingerprint density at radius 1 is 1.03 bits per heavy atom. The van der Waals surface area contributed by atoms with Crippen molar-refractivity contribution in [1.29, 1.82) is 0 Å². The summed E-state index contributed by atoms with van der Waals surface area (Å²) in [7, 11) is -3.40. The van der Waals surface area contributed by atoms with Crippen LogP contribution in [0.4, 0.5) is 0 Å². The van der Waals surface area contributed by atoms with Crippen molar-refractivity contribution >= 4 is 10.0 Å². The Morgan fingerprint density at radius 3 is 2.36 bits per heavy atom. The molecule has 0 spiro atoms. The maximum absolute atomic E-state index is 13.4. The van der Waals surface area contributed by atoms with Crippen molar-refractivity contribution < 1.29 is 13.2 Å². The fourth-order valence-electron chi connectivity index (χ4n) is 5.42. The highest BCUT2D eigenvalue weighted by Gasteiger charge is 2.34. The Kier molecular flexibility index (Phi) is 7.41. The quantitative estimate of drug-likeness (QED) is 0.658. The van der Waals surface area contributed by atoms with Gasteiger partial charge in [-0.3, -0.25) is 4.79 Å². The largest absolute Gasteiger partial charge is 0.376 e. The molecule has 7 heteroatoms. The van der Waals surface area contributed by atoms with Gasteiger partial charge in [-0.2, -0.15) is 0 Å². The second-order valence-electron chi connectivity index (χ2n) is 9.93. The molecule has 2 aliphatic rings. The highest BCUT2D eigenvalue weighted by molar-refractivity contribution is 7.88. The van der Waals surface area contributed by atoms with E-state index in [0.29, 0.717) is 25.4 Å². The first-order valence-electron chi connectivity index (χ1n) is 12.1. The topological polar surface area (TPSA) is 77.4 Å². The first-order chi connectivity index (χ1) is 15.7. The minimum absolute atomic E-state index is 0.0242. The van der Waals surface area contributed by atoms with E-state index >= 15 is 0 Å². The number of ether oxygens (including phenoxy) is 1. The zero-order valence-electron chi connectivity index (χ0n) is 19.9. The number of hydrogen-bond donors (Lipinski definition) is 1. The van der Waals surface area contributed by atoms with Crippen molar-refractivity contribution in [3.8, 4) is 0 Å². The standard InChI is InChI=1S/C26H36N2O4S/c1-18(2)23-15-11-21-12-16-24(27-33(3,30)31)25(28(21)26(23)29)17-32-22-13-9-20(10-14-22)19-7-5-4-6-8-19/h4-8,11,15,18,20,22,24-25,27H,9-10,12-14,16-17H2,1-3H3. The lowest BCUT2D eigenvalue weighted by molar-refractivity contribution is -0.00171. The van der Waals surface area contributed by atoms with Gasteiger partial charge in [0.25, 0.3) is 5.56 Å². The molecule has 1 aliphatic carbocycles. The molecule has 1 aromatic heterocycles. The monoisotopic (exact) mass is 472 g/mol. The highest BCUT2D eigenvalue weighted by atomic mass is 32.2. The van der Waals surface area contributed by atoms with E-state index in [9.17, 15) is 13.2 Å². The van der Waals surface area contributed by atoms with Crippen LogP contribution < -0.4 is 10.3 Å². The van der Waals surface area contributed by atoms with E-state index in [-0.39, 0.29) is 29.7 Å². The van der Waals surface area contributed by atoms with Crippen LogP contribution in [0.2, 0.25) is 0 Å². The summed E-state index contributed by atoms with van der Waals surface area (Å²) in [5, 5.41) is 0. The van der Waals surface area contributed by atoms with E-state index in [1.165, 1.54) is 11.8 Å². The molecule has 1 fully saturated rings. The lowest BCUT2D eigenvalue weighted by atomic mass is 9.83. The molecular formula is C26H36N2O4S. The second kappa shape index (κ2) is 10.1. The van der Waals surface area contributed by atoms with E-state index in [4.69, 9.17) is 4.74 Å². The number of fused-ring (bicyclic) bond motifs is 1. The molecule has 1 aromatic carbocycles. The molecule has 0 radical (unpaired) electrons. The number of rotatable bonds is 7. The molecule has 33 heavy (non-hydrogen) atoms. The summed E-state index contributed by atoms with van der Waals surface area (Å²) < 4.78 is 35.1. The zero-order valence-corrected chi connectivity index (χ0v) is 20.7. The summed E-state index contributed by atoms with van der Waals surface area (Å²) in [5.41, 5.74) is 3.08. The summed E-state index contributed by atoms with van der Waals surface area (Å²) >= 11 is 0. The smallest absolute Gasteiger partial charge is 0.254 e. The first-order valence-corrected chi connectivity index (χ1v) is 14.0. The molecule has 0 amide bonds. The van der Waals surface area contributed by atoms with Gasteiger partial charge in [0.05, 0.1) is 25.0 Å². The molecule has 1 saturated carbocycles. The average Bonchev–Trinajstić information content (AvgIpc) is 2.78. The van der Waals surface area contributed by atoms with Crippen molar-refractivity contribution in [2.24, 2.45) is 0 Å². The molecule has 1 aliphatic heterocycles. The Hall–Kier alpha value is -1.96. The summed E-state index contributed by atoms with van der Waals surface area (Å²) in [6.45, 7) is 4.35. The summed E-state index contributed by atoms with van der Waals surface area (Å²) in [6, 6.07) is 13.9. The molecule has 6 nitrogen and oxygen atoms in total. The van der Waals surface area contributed by atoms with Crippen LogP contribution in [0.25, 0.3) is 0 Å². The minimum Gasteiger partial charge on any atom is -0.376 e. The Balaban J connectivity index is 1.50. The van der Waals surface area contributed by atoms with E-state index in [1.807, 2.05) is 32.0 Å². The summed E-state index contributed by atoms with van der Waals surface area (Å²) in [4.78, 5) is 13.4. The highest BCUT2D eigenvalue weighted by Crippen LogP contribution is 2.35. The van der Waals surface area contributed by atoms with Gasteiger partial charge in [-0.1, -0.05) is 50.2 Å².